The molecular formula is C16H24N2O2. The number of benzene rings is 1. The number of amides is 1. The Balaban J connectivity index is 2.31. The van der Waals surface area contributed by atoms with Crippen LogP contribution in [0, 0.1) is 6.92 Å². The van der Waals surface area contributed by atoms with E-state index in [1.165, 1.54) is 0 Å². The molecule has 1 aliphatic heterocycles. The van der Waals surface area contributed by atoms with E-state index in [0.29, 0.717) is 24.3 Å². The lowest BCUT2D eigenvalue weighted by Crippen LogP contribution is -2.58. The van der Waals surface area contributed by atoms with Crippen molar-refractivity contribution in [2.45, 2.75) is 45.8 Å². The normalized spacial score (nSPS) is 20.8. The molecule has 20 heavy (non-hydrogen) atoms. The van der Waals surface area contributed by atoms with E-state index in [1.54, 1.807) is 0 Å². The predicted molar refractivity (Wildman–Crippen MR) is 80.7 cm³/mol. The Bertz CT molecular complexity index is 519. The molecule has 1 aliphatic rings. The fraction of sp³-hybridized carbons (Fsp3) is 0.562. The summed E-state index contributed by atoms with van der Waals surface area (Å²) >= 11 is 0. The molecule has 4 nitrogen and oxygen atoms in total. The summed E-state index contributed by atoms with van der Waals surface area (Å²) in [5.41, 5.74) is 7.40. The lowest BCUT2D eigenvalue weighted by molar-refractivity contribution is -0.171. The number of rotatable bonds is 1. The van der Waals surface area contributed by atoms with Crippen LogP contribution >= 0.6 is 0 Å². The van der Waals surface area contributed by atoms with Crippen LogP contribution in [-0.2, 0) is 4.74 Å². The Kier molecular flexibility index (Phi) is 3.54. The molecule has 0 spiro atoms. The second-order valence-corrected chi connectivity index (χ2v) is 6.80. The first-order valence-electron chi connectivity index (χ1n) is 6.96. The Labute approximate surface area is 120 Å². The van der Waals surface area contributed by atoms with Crippen molar-refractivity contribution in [1.82, 2.24) is 4.90 Å². The van der Waals surface area contributed by atoms with Crippen molar-refractivity contribution in [3.05, 3.63) is 29.3 Å². The minimum Gasteiger partial charge on any atom is -0.398 e. The van der Waals surface area contributed by atoms with Gasteiger partial charge in [-0.05, 0) is 52.3 Å². The van der Waals surface area contributed by atoms with Crippen LogP contribution in [0.4, 0.5) is 5.69 Å². The first-order chi connectivity index (χ1) is 9.11. The average molecular weight is 276 g/mol. The number of ether oxygens (including phenoxy) is 1. The van der Waals surface area contributed by atoms with E-state index in [4.69, 9.17) is 10.5 Å². The number of carbonyl (C=O) groups is 1. The van der Waals surface area contributed by atoms with E-state index in [2.05, 4.69) is 0 Å². The molecule has 1 fully saturated rings. The Morgan fingerprint density at radius 2 is 1.75 bits per heavy atom. The Hall–Kier alpha value is -1.55. The zero-order valence-corrected chi connectivity index (χ0v) is 13.0. The predicted octanol–water partition coefficient (Wildman–Crippen LogP) is 2.61. The third-order valence-electron chi connectivity index (χ3n) is 3.59. The molecule has 4 heteroatoms. The van der Waals surface area contributed by atoms with Gasteiger partial charge in [0.2, 0.25) is 0 Å². The van der Waals surface area contributed by atoms with Gasteiger partial charge in [0.05, 0.1) is 11.2 Å². The van der Waals surface area contributed by atoms with E-state index in [1.807, 2.05) is 57.7 Å². The minimum absolute atomic E-state index is 0.0271. The SMILES string of the molecule is Cc1c(N)cccc1C(=O)N1CC(C)(C)OC(C)(C)C1. The highest BCUT2D eigenvalue weighted by Crippen LogP contribution is 2.29. The summed E-state index contributed by atoms with van der Waals surface area (Å²) in [5.74, 6) is 0.0271. The van der Waals surface area contributed by atoms with Crippen LogP contribution in [0.15, 0.2) is 18.2 Å². The van der Waals surface area contributed by atoms with Gasteiger partial charge in [0, 0.05) is 24.3 Å². The largest absolute Gasteiger partial charge is 0.398 e. The first kappa shape index (κ1) is 14.9. The van der Waals surface area contributed by atoms with Crippen LogP contribution < -0.4 is 5.73 Å². The maximum Gasteiger partial charge on any atom is 0.254 e. The van der Waals surface area contributed by atoms with Gasteiger partial charge in [-0.3, -0.25) is 4.79 Å². The van der Waals surface area contributed by atoms with Crippen LogP contribution in [0.25, 0.3) is 0 Å². The molecule has 0 unspecified atom stereocenters. The van der Waals surface area contributed by atoms with Crippen molar-refractivity contribution in [3.63, 3.8) is 0 Å². The van der Waals surface area contributed by atoms with E-state index < -0.39 is 0 Å². The van der Waals surface area contributed by atoms with Gasteiger partial charge in [-0.25, -0.2) is 0 Å². The van der Waals surface area contributed by atoms with E-state index in [-0.39, 0.29) is 17.1 Å². The van der Waals surface area contributed by atoms with Gasteiger partial charge in [0.25, 0.3) is 5.91 Å². The molecule has 1 aromatic rings. The molecule has 1 saturated heterocycles. The number of nitrogens with zero attached hydrogens (tertiary/aromatic N) is 1. The molecule has 2 N–H and O–H groups in total. The molecule has 1 amide bonds. The standard InChI is InChI=1S/C16H24N2O2/c1-11-12(7-6-8-13(11)17)14(19)18-9-15(2,3)20-16(4,5)10-18/h6-8H,9-10,17H2,1-5H3. The smallest absolute Gasteiger partial charge is 0.254 e. The summed E-state index contributed by atoms with van der Waals surface area (Å²) in [4.78, 5) is 14.6. The van der Waals surface area contributed by atoms with E-state index in [0.717, 1.165) is 5.56 Å². The van der Waals surface area contributed by atoms with Gasteiger partial charge in [0.15, 0.2) is 0 Å². The van der Waals surface area contributed by atoms with E-state index in [9.17, 15) is 4.79 Å². The van der Waals surface area contributed by atoms with Crippen LogP contribution in [0.5, 0.6) is 0 Å². The Morgan fingerprint density at radius 1 is 1.20 bits per heavy atom. The monoisotopic (exact) mass is 276 g/mol. The molecule has 0 aromatic heterocycles. The van der Waals surface area contributed by atoms with Crippen LogP contribution in [-0.4, -0.2) is 35.1 Å². The first-order valence-corrected chi connectivity index (χ1v) is 6.96. The molecule has 0 radical (unpaired) electrons. The quantitative estimate of drug-likeness (QED) is 0.802. The topological polar surface area (TPSA) is 55.6 Å². The third kappa shape index (κ3) is 2.96. The molecule has 1 aromatic carbocycles. The number of anilines is 1. The lowest BCUT2D eigenvalue weighted by atomic mass is 9.97. The lowest BCUT2D eigenvalue weighted by Gasteiger charge is -2.47. The maximum absolute atomic E-state index is 12.8. The van der Waals surface area contributed by atoms with Crippen molar-refractivity contribution < 1.29 is 9.53 Å². The number of nitrogen functional groups attached to an aromatic ring is 1. The molecular weight excluding hydrogens is 252 g/mol. The summed E-state index contributed by atoms with van der Waals surface area (Å²) in [5, 5.41) is 0. The van der Waals surface area contributed by atoms with Crippen molar-refractivity contribution in [1.29, 1.82) is 0 Å². The Morgan fingerprint density at radius 3 is 2.30 bits per heavy atom. The van der Waals surface area contributed by atoms with Gasteiger partial charge in [-0.15, -0.1) is 0 Å². The number of carbonyl (C=O) groups excluding carboxylic acids is 1. The van der Waals surface area contributed by atoms with Crippen molar-refractivity contribution in [2.75, 3.05) is 18.8 Å². The molecule has 0 atom stereocenters. The summed E-state index contributed by atoms with van der Waals surface area (Å²) in [6.07, 6.45) is 0. The molecule has 0 aliphatic carbocycles. The molecule has 0 saturated carbocycles. The number of hydrogen-bond donors (Lipinski definition) is 1. The summed E-state index contributed by atoms with van der Waals surface area (Å²) < 4.78 is 6.01. The van der Waals surface area contributed by atoms with Crippen molar-refractivity contribution >= 4 is 11.6 Å². The zero-order valence-electron chi connectivity index (χ0n) is 13.0. The van der Waals surface area contributed by atoms with Gasteiger partial charge in [-0.1, -0.05) is 6.07 Å². The number of hydrogen-bond acceptors (Lipinski definition) is 3. The molecule has 2 rings (SSSR count). The second-order valence-electron chi connectivity index (χ2n) is 6.80. The van der Waals surface area contributed by atoms with E-state index >= 15 is 0 Å². The molecule has 0 bridgehead atoms. The van der Waals surface area contributed by atoms with Crippen LogP contribution in [0.3, 0.4) is 0 Å². The summed E-state index contributed by atoms with van der Waals surface area (Å²) in [6, 6.07) is 5.48. The minimum atomic E-state index is -0.342. The van der Waals surface area contributed by atoms with Crippen LogP contribution in [0.2, 0.25) is 0 Å². The van der Waals surface area contributed by atoms with Gasteiger partial charge in [-0.2, -0.15) is 0 Å². The molecule has 1 heterocycles. The highest BCUT2D eigenvalue weighted by molar-refractivity contribution is 5.97. The maximum atomic E-state index is 12.8. The van der Waals surface area contributed by atoms with Gasteiger partial charge < -0.3 is 15.4 Å². The van der Waals surface area contributed by atoms with Crippen molar-refractivity contribution in [3.8, 4) is 0 Å². The summed E-state index contributed by atoms with van der Waals surface area (Å²) in [6.45, 7) is 11.1. The van der Waals surface area contributed by atoms with Crippen LogP contribution in [0.1, 0.15) is 43.6 Å². The third-order valence-corrected chi connectivity index (χ3v) is 3.59. The van der Waals surface area contributed by atoms with Gasteiger partial charge in [0.1, 0.15) is 0 Å². The van der Waals surface area contributed by atoms with Gasteiger partial charge >= 0.3 is 0 Å². The fourth-order valence-electron chi connectivity index (χ4n) is 2.99. The number of nitrogens with two attached hydrogens (primary N) is 1. The zero-order chi connectivity index (χ0) is 15.1. The fourth-order valence-corrected chi connectivity index (χ4v) is 2.99. The average Bonchev–Trinajstić information content (AvgIpc) is 2.28. The summed E-state index contributed by atoms with van der Waals surface area (Å²) in [7, 11) is 0. The highest BCUT2D eigenvalue weighted by atomic mass is 16.5. The number of morpholine rings is 1. The second kappa shape index (κ2) is 4.77. The highest BCUT2D eigenvalue weighted by Gasteiger charge is 2.40. The molecule has 110 valence electrons. The van der Waals surface area contributed by atoms with Crippen molar-refractivity contribution in [2.24, 2.45) is 0 Å².